The lowest BCUT2D eigenvalue weighted by Crippen LogP contribution is -2.60. The Hall–Kier alpha value is -2.81. The quantitative estimate of drug-likeness (QED) is 0.729. The molecule has 4 rings (SSSR count). The van der Waals surface area contributed by atoms with Crippen LogP contribution < -0.4 is 14.8 Å². The lowest BCUT2D eigenvalue weighted by atomic mass is 9.73. The Morgan fingerprint density at radius 2 is 1.65 bits per heavy atom. The van der Waals surface area contributed by atoms with E-state index in [1.165, 1.54) is 0 Å². The molecular formula is C25H37N5O4. The second kappa shape index (κ2) is 9.82. The highest BCUT2D eigenvalue weighted by Crippen LogP contribution is 2.39. The van der Waals surface area contributed by atoms with Crippen LogP contribution in [-0.2, 0) is 4.79 Å². The molecule has 2 atom stereocenters. The van der Waals surface area contributed by atoms with Crippen LogP contribution in [0.3, 0.4) is 0 Å². The average molecular weight is 472 g/mol. The molecule has 2 heterocycles. The Labute approximate surface area is 202 Å². The number of urea groups is 1. The van der Waals surface area contributed by atoms with Crippen molar-refractivity contribution < 1.29 is 19.1 Å². The Morgan fingerprint density at radius 3 is 2.26 bits per heavy atom. The number of methoxy groups -OCH3 is 2. The van der Waals surface area contributed by atoms with Crippen LogP contribution in [0.25, 0.3) is 0 Å². The first-order valence-electron chi connectivity index (χ1n) is 12.2. The number of nitrogens with zero attached hydrogens (tertiary/aromatic N) is 4. The zero-order valence-corrected chi connectivity index (χ0v) is 21.0. The number of piperazine rings is 1. The zero-order valence-electron chi connectivity index (χ0n) is 21.0. The predicted octanol–water partition coefficient (Wildman–Crippen LogP) is 3.10. The van der Waals surface area contributed by atoms with Gasteiger partial charge in [0.25, 0.3) is 5.91 Å². The summed E-state index contributed by atoms with van der Waals surface area (Å²) in [6.07, 6.45) is 3.99. The Morgan fingerprint density at radius 1 is 1.00 bits per heavy atom. The largest absolute Gasteiger partial charge is 0.493 e. The minimum Gasteiger partial charge on any atom is -0.493 e. The topological polar surface area (TPSA) is 86.7 Å². The molecule has 3 aliphatic rings. The van der Waals surface area contributed by atoms with Crippen molar-refractivity contribution in [2.45, 2.75) is 52.0 Å². The van der Waals surface area contributed by atoms with E-state index in [-0.39, 0.29) is 29.3 Å². The highest BCUT2D eigenvalue weighted by molar-refractivity contribution is 6.07. The van der Waals surface area contributed by atoms with Gasteiger partial charge in [-0.15, -0.1) is 0 Å². The van der Waals surface area contributed by atoms with Gasteiger partial charge in [-0.3, -0.25) is 4.79 Å². The normalized spacial score (nSPS) is 23.8. The maximum Gasteiger partial charge on any atom is 0.317 e. The van der Waals surface area contributed by atoms with Crippen LogP contribution in [0.15, 0.2) is 23.3 Å². The maximum atomic E-state index is 13.5. The van der Waals surface area contributed by atoms with Crippen molar-refractivity contribution in [3.8, 4) is 11.5 Å². The summed E-state index contributed by atoms with van der Waals surface area (Å²) in [5, 5.41) is 11.5. The van der Waals surface area contributed by atoms with Crippen molar-refractivity contribution in [2.24, 2.45) is 16.9 Å². The predicted molar refractivity (Wildman–Crippen MR) is 130 cm³/mol. The van der Waals surface area contributed by atoms with Gasteiger partial charge in [-0.05, 0) is 51.8 Å². The molecule has 1 aromatic rings. The fourth-order valence-electron chi connectivity index (χ4n) is 5.09. The summed E-state index contributed by atoms with van der Waals surface area (Å²) in [6.45, 7) is 8.12. The van der Waals surface area contributed by atoms with Crippen LogP contribution in [0.4, 0.5) is 4.79 Å². The molecule has 0 radical (unpaired) electrons. The molecule has 0 bridgehead atoms. The third-order valence-corrected chi connectivity index (χ3v) is 6.81. The molecule has 186 valence electrons. The van der Waals surface area contributed by atoms with Gasteiger partial charge in [-0.2, -0.15) is 15.2 Å². The van der Waals surface area contributed by atoms with Crippen molar-refractivity contribution in [3.63, 3.8) is 0 Å². The monoisotopic (exact) mass is 471 g/mol. The van der Waals surface area contributed by atoms with Crippen molar-refractivity contribution in [1.29, 1.82) is 0 Å². The van der Waals surface area contributed by atoms with Gasteiger partial charge in [0.05, 0.1) is 19.9 Å². The number of carbonyl (C=O) groups is 2. The number of hydrazone groups is 1. The summed E-state index contributed by atoms with van der Waals surface area (Å²) < 4.78 is 10.9. The average Bonchev–Trinajstić information content (AvgIpc) is 2.83. The Kier molecular flexibility index (Phi) is 7.02. The van der Waals surface area contributed by atoms with Gasteiger partial charge in [0.15, 0.2) is 11.5 Å². The molecule has 1 N–H and O–H groups in total. The molecule has 3 amide bonds. The van der Waals surface area contributed by atoms with Crippen LogP contribution in [0.5, 0.6) is 11.5 Å². The molecule has 9 nitrogen and oxygen atoms in total. The third-order valence-electron chi connectivity index (χ3n) is 6.81. The maximum absolute atomic E-state index is 13.5. The zero-order chi connectivity index (χ0) is 24.5. The van der Waals surface area contributed by atoms with E-state index >= 15 is 0 Å². The molecule has 9 heteroatoms. The lowest BCUT2D eigenvalue weighted by molar-refractivity contribution is -0.161. The minimum absolute atomic E-state index is 0.0704. The molecule has 0 spiro atoms. The number of hydrogen-bond donors (Lipinski definition) is 1. The van der Waals surface area contributed by atoms with Gasteiger partial charge in [0, 0.05) is 49.1 Å². The van der Waals surface area contributed by atoms with Crippen LogP contribution in [0.1, 0.15) is 52.0 Å². The molecule has 1 aromatic carbocycles. The SMILES string of the molecule is COc1ccc(C2=NN(N3CCN(C(=O)NC(C)(C)C)CC3)C(=O)C3CCCCC23)cc1OC. The Balaban J connectivity index is 1.58. The number of ether oxygens (including phenoxy) is 2. The van der Waals surface area contributed by atoms with Gasteiger partial charge in [0.2, 0.25) is 0 Å². The number of hydrazine groups is 1. The molecule has 2 fully saturated rings. The number of hydrogen-bond acceptors (Lipinski definition) is 6. The van der Waals surface area contributed by atoms with E-state index in [0.29, 0.717) is 37.7 Å². The standard InChI is InChI=1S/C25H37N5O4/c1-25(2,3)26-24(32)28-12-14-29(15-13-28)30-23(31)19-9-7-6-8-18(19)22(27-30)17-10-11-20(33-4)21(16-17)34-5/h10-11,16,18-19H,6-9,12-15H2,1-5H3,(H,26,32). The number of fused-ring (bicyclic) bond motifs is 1. The summed E-state index contributed by atoms with van der Waals surface area (Å²) in [7, 11) is 3.24. The highest BCUT2D eigenvalue weighted by Gasteiger charge is 2.43. The summed E-state index contributed by atoms with van der Waals surface area (Å²) in [4.78, 5) is 27.9. The van der Waals surface area contributed by atoms with Crippen LogP contribution in [0.2, 0.25) is 0 Å². The van der Waals surface area contributed by atoms with Gasteiger partial charge < -0.3 is 19.7 Å². The summed E-state index contributed by atoms with van der Waals surface area (Å²) in [6, 6.07) is 5.77. The first-order chi connectivity index (χ1) is 16.2. The van der Waals surface area contributed by atoms with Crippen molar-refractivity contribution >= 4 is 17.6 Å². The van der Waals surface area contributed by atoms with E-state index in [9.17, 15) is 9.59 Å². The molecule has 1 saturated carbocycles. The minimum atomic E-state index is -0.286. The second-order valence-corrected chi connectivity index (χ2v) is 10.3. The molecule has 34 heavy (non-hydrogen) atoms. The van der Waals surface area contributed by atoms with Gasteiger partial charge in [-0.25, -0.2) is 4.79 Å². The van der Waals surface area contributed by atoms with Crippen molar-refractivity contribution in [2.75, 3.05) is 40.4 Å². The van der Waals surface area contributed by atoms with Crippen LogP contribution in [-0.4, -0.2) is 78.6 Å². The summed E-state index contributed by atoms with van der Waals surface area (Å²) >= 11 is 0. The highest BCUT2D eigenvalue weighted by atomic mass is 16.5. The first kappa shape index (κ1) is 24.3. The fourth-order valence-corrected chi connectivity index (χ4v) is 5.09. The molecule has 2 unspecified atom stereocenters. The number of amides is 3. The van der Waals surface area contributed by atoms with E-state index in [2.05, 4.69) is 5.32 Å². The van der Waals surface area contributed by atoms with E-state index in [1.54, 1.807) is 24.2 Å². The molecule has 1 aliphatic carbocycles. The van der Waals surface area contributed by atoms with E-state index in [1.807, 2.05) is 44.0 Å². The second-order valence-electron chi connectivity index (χ2n) is 10.3. The lowest BCUT2D eigenvalue weighted by Gasteiger charge is -2.44. The fraction of sp³-hybridized carbons (Fsp3) is 0.640. The van der Waals surface area contributed by atoms with Crippen molar-refractivity contribution in [1.82, 2.24) is 20.3 Å². The van der Waals surface area contributed by atoms with Gasteiger partial charge >= 0.3 is 6.03 Å². The van der Waals surface area contributed by atoms with E-state index in [4.69, 9.17) is 14.6 Å². The van der Waals surface area contributed by atoms with E-state index < -0.39 is 0 Å². The number of rotatable bonds is 4. The summed E-state index contributed by atoms with van der Waals surface area (Å²) in [5.41, 5.74) is 1.60. The number of carbonyl (C=O) groups excluding carboxylic acids is 2. The van der Waals surface area contributed by atoms with E-state index in [0.717, 1.165) is 37.0 Å². The molecule has 0 aromatic heterocycles. The Bertz CT molecular complexity index is 949. The molecular weight excluding hydrogens is 434 g/mol. The van der Waals surface area contributed by atoms with Crippen LogP contribution >= 0.6 is 0 Å². The van der Waals surface area contributed by atoms with Crippen molar-refractivity contribution in [3.05, 3.63) is 23.8 Å². The number of benzene rings is 1. The smallest absolute Gasteiger partial charge is 0.317 e. The van der Waals surface area contributed by atoms with Gasteiger partial charge in [-0.1, -0.05) is 12.8 Å². The summed E-state index contributed by atoms with van der Waals surface area (Å²) in [5.74, 6) is 1.42. The first-order valence-corrected chi connectivity index (χ1v) is 12.2. The third kappa shape index (κ3) is 4.99. The van der Waals surface area contributed by atoms with Gasteiger partial charge in [0.1, 0.15) is 0 Å². The number of nitrogens with one attached hydrogen (secondary N) is 1. The van der Waals surface area contributed by atoms with Crippen LogP contribution in [0, 0.1) is 11.8 Å². The molecule has 2 aliphatic heterocycles. The molecule has 1 saturated heterocycles.